The van der Waals surface area contributed by atoms with E-state index in [1.807, 2.05) is 0 Å². The fraction of sp³-hybridized carbons (Fsp3) is 0.455. The van der Waals surface area contributed by atoms with E-state index in [4.69, 9.17) is 4.74 Å². The van der Waals surface area contributed by atoms with E-state index < -0.39 is 0 Å². The van der Waals surface area contributed by atoms with Crippen LogP contribution in [0.4, 0.5) is 0 Å². The van der Waals surface area contributed by atoms with E-state index in [0.29, 0.717) is 13.2 Å². The van der Waals surface area contributed by atoms with Crippen LogP contribution in [-0.4, -0.2) is 48.2 Å². The molecule has 0 saturated carbocycles. The lowest BCUT2D eigenvalue weighted by molar-refractivity contribution is 0.0770. The Kier molecular flexibility index (Phi) is 4.72. The molecule has 0 aromatic carbocycles. The molecule has 0 aliphatic carbocycles. The first-order chi connectivity index (χ1) is 7.66. The zero-order valence-electron chi connectivity index (χ0n) is 9.51. The van der Waals surface area contributed by atoms with Crippen LogP contribution in [0.1, 0.15) is 16.9 Å². The number of rotatable bonds is 5. The maximum Gasteiger partial charge on any atom is 0.276 e. The minimum Gasteiger partial charge on any atom is -0.505 e. The van der Waals surface area contributed by atoms with Crippen LogP contribution in [0, 0.1) is 0 Å². The zero-order valence-corrected chi connectivity index (χ0v) is 9.51. The van der Waals surface area contributed by atoms with Crippen molar-refractivity contribution in [2.45, 2.75) is 6.42 Å². The summed E-state index contributed by atoms with van der Waals surface area (Å²) in [5.41, 5.74) is 0.0856. The van der Waals surface area contributed by atoms with Crippen LogP contribution in [0.15, 0.2) is 18.3 Å². The molecule has 0 spiro atoms. The van der Waals surface area contributed by atoms with Crippen molar-refractivity contribution in [3.63, 3.8) is 0 Å². The number of amides is 1. The van der Waals surface area contributed by atoms with E-state index in [0.717, 1.165) is 6.42 Å². The summed E-state index contributed by atoms with van der Waals surface area (Å²) in [4.78, 5) is 17.2. The van der Waals surface area contributed by atoms with Crippen molar-refractivity contribution in [3.05, 3.63) is 24.0 Å². The first kappa shape index (κ1) is 12.4. The van der Waals surface area contributed by atoms with Gasteiger partial charge in [-0.2, -0.15) is 0 Å². The molecule has 0 fully saturated rings. The van der Waals surface area contributed by atoms with Crippen LogP contribution in [0.5, 0.6) is 5.75 Å². The second-order valence-corrected chi connectivity index (χ2v) is 3.44. The molecule has 1 amide bonds. The molecule has 1 N–H and O–H groups in total. The largest absolute Gasteiger partial charge is 0.505 e. The molecule has 0 bridgehead atoms. The molecule has 88 valence electrons. The summed E-state index contributed by atoms with van der Waals surface area (Å²) in [5.74, 6) is -0.375. The lowest BCUT2D eigenvalue weighted by Gasteiger charge is -2.16. The summed E-state index contributed by atoms with van der Waals surface area (Å²) in [6, 6.07) is 3.03. The van der Waals surface area contributed by atoms with Crippen molar-refractivity contribution in [3.8, 4) is 5.75 Å². The quantitative estimate of drug-likeness (QED) is 0.755. The van der Waals surface area contributed by atoms with Crippen molar-refractivity contribution in [2.75, 3.05) is 27.3 Å². The predicted octanol–water partition coefficient (Wildman–Crippen LogP) is 0.896. The number of hydrogen-bond donors (Lipinski definition) is 1. The van der Waals surface area contributed by atoms with Gasteiger partial charge in [-0.1, -0.05) is 0 Å². The minimum atomic E-state index is -0.283. The van der Waals surface area contributed by atoms with Gasteiger partial charge >= 0.3 is 0 Å². The molecule has 16 heavy (non-hydrogen) atoms. The van der Waals surface area contributed by atoms with E-state index in [-0.39, 0.29) is 17.4 Å². The highest BCUT2D eigenvalue weighted by Gasteiger charge is 2.16. The summed E-state index contributed by atoms with van der Waals surface area (Å²) in [5, 5.41) is 9.47. The number of aromatic hydroxyl groups is 1. The maximum atomic E-state index is 11.8. The van der Waals surface area contributed by atoms with Crippen molar-refractivity contribution >= 4 is 5.91 Å². The van der Waals surface area contributed by atoms with Gasteiger partial charge in [0.25, 0.3) is 5.91 Å². The molecule has 1 aromatic rings. The molecule has 5 nitrogen and oxygen atoms in total. The lowest BCUT2D eigenvalue weighted by Crippen LogP contribution is -2.29. The van der Waals surface area contributed by atoms with E-state index in [2.05, 4.69) is 4.98 Å². The molecule has 0 atom stereocenters. The summed E-state index contributed by atoms with van der Waals surface area (Å²) in [6.07, 6.45) is 2.24. The molecule has 1 rings (SSSR count). The van der Waals surface area contributed by atoms with Crippen LogP contribution in [0.3, 0.4) is 0 Å². The number of methoxy groups -OCH3 is 1. The number of aromatic nitrogens is 1. The highest BCUT2D eigenvalue weighted by molar-refractivity contribution is 5.94. The molecular formula is C11H16N2O3. The summed E-state index contributed by atoms with van der Waals surface area (Å²) in [7, 11) is 3.29. The Bertz CT molecular complexity index is 355. The normalized spacial score (nSPS) is 10.1. The third-order valence-corrected chi connectivity index (χ3v) is 2.18. The number of hydrogen-bond acceptors (Lipinski definition) is 4. The minimum absolute atomic E-state index is 0.0856. The van der Waals surface area contributed by atoms with Gasteiger partial charge in [0, 0.05) is 33.5 Å². The van der Waals surface area contributed by atoms with E-state index in [9.17, 15) is 9.90 Å². The number of nitrogens with zero attached hydrogens (tertiary/aromatic N) is 2. The lowest BCUT2D eigenvalue weighted by atomic mass is 10.3. The number of ether oxygens (including phenoxy) is 1. The maximum absolute atomic E-state index is 11.8. The highest BCUT2D eigenvalue weighted by atomic mass is 16.5. The van der Waals surface area contributed by atoms with Gasteiger partial charge in [-0.05, 0) is 18.6 Å². The first-order valence-electron chi connectivity index (χ1n) is 5.05. The average Bonchev–Trinajstić information content (AvgIpc) is 2.29. The Balaban J connectivity index is 2.60. The summed E-state index contributed by atoms with van der Waals surface area (Å²) in [6.45, 7) is 1.18. The fourth-order valence-electron chi connectivity index (χ4n) is 1.29. The predicted molar refractivity (Wildman–Crippen MR) is 59.4 cm³/mol. The number of carbonyl (C=O) groups excluding carboxylic acids is 1. The Morgan fingerprint density at radius 3 is 3.00 bits per heavy atom. The molecular weight excluding hydrogens is 208 g/mol. The van der Waals surface area contributed by atoms with Gasteiger partial charge in [-0.3, -0.25) is 4.79 Å². The Hall–Kier alpha value is -1.62. The standard InChI is InChI=1S/C11H16N2O3/c1-13(7-4-8-16-2)11(15)10-9(14)5-3-6-12-10/h3,5-6,14H,4,7-8H2,1-2H3. The van der Waals surface area contributed by atoms with Crippen LogP contribution < -0.4 is 0 Å². The van der Waals surface area contributed by atoms with Gasteiger partial charge in [0.05, 0.1) is 0 Å². The molecule has 5 heteroatoms. The van der Waals surface area contributed by atoms with E-state index in [1.54, 1.807) is 20.2 Å². The topological polar surface area (TPSA) is 62.7 Å². The van der Waals surface area contributed by atoms with Crippen molar-refractivity contribution in [2.24, 2.45) is 0 Å². The number of carbonyl (C=O) groups is 1. The smallest absolute Gasteiger partial charge is 0.276 e. The molecule has 1 heterocycles. The Morgan fingerprint density at radius 1 is 1.62 bits per heavy atom. The van der Waals surface area contributed by atoms with Crippen LogP contribution in [-0.2, 0) is 4.74 Å². The second kappa shape index (κ2) is 6.07. The monoisotopic (exact) mass is 224 g/mol. The second-order valence-electron chi connectivity index (χ2n) is 3.44. The Morgan fingerprint density at radius 2 is 2.38 bits per heavy atom. The third-order valence-electron chi connectivity index (χ3n) is 2.18. The first-order valence-corrected chi connectivity index (χ1v) is 5.05. The Labute approximate surface area is 94.7 Å². The highest BCUT2D eigenvalue weighted by Crippen LogP contribution is 2.14. The van der Waals surface area contributed by atoms with Crippen LogP contribution in [0.2, 0.25) is 0 Å². The van der Waals surface area contributed by atoms with Gasteiger partial charge in [0.15, 0.2) is 5.69 Å². The van der Waals surface area contributed by atoms with Gasteiger partial charge in [0.1, 0.15) is 5.75 Å². The van der Waals surface area contributed by atoms with Gasteiger partial charge in [0.2, 0.25) is 0 Å². The molecule has 0 saturated heterocycles. The zero-order chi connectivity index (χ0) is 12.0. The molecule has 0 aliphatic rings. The molecule has 1 aromatic heterocycles. The molecule has 0 unspecified atom stereocenters. The van der Waals surface area contributed by atoms with Crippen molar-refractivity contribution < 1.29 is 14.6 Å². The van der Waals surface area contributed by atoms with E-state index in [1.165, 1.54) is 17.2 Å². The van der Waals surface area contributed by atoms with Crippen molar-refractivity contribution in [1.29, 1.82) is 0 Å². The van der Waals surface area contributed by atoms with Gasteiger partial charge in [-0.25, -0.2) is 4.98 Å². The van der Waals surface area contributed by atoms with Crippen molar-refractivity contribution in [1.82, 2.24) is 9.88 Å². The van der Waals surface area contributed by atoms with Crippen LogP contribution in [0.25, 0.3) is 0 Å². The number of pyridine rings is 1. The SMILES string of the molecule is COCCCN(C)C(=O)c1ncccc1O. The summed E-state index contributed by atoms with van der Waals surface area (Å²) < 4.78 is 4.90. The van der Waals surface area contributed by atoms with Crippen LogP contribution >= 0.6 is 0 Å². The van der Waals surface area contributed by atoms with Gasteiger partial charge < -0.3 is 14.7 Å². The average molecular weight is 224 g/mol. The molecule has 0 aliphatic heterocycles. The third kappa shape index (κ3) is 3.20. The molecule has 0 radical (unpaired) electrons. The van der Waals surface area contributed by atoms with E-state index >= 15 is 0 Å². The summed E-state index contributed by atoms with van der Waals surface area (Å²) >= 11 is 0. The fourth-order valence-corrected chi connectivity index (χ4v) is 1.29. The van der Waals surface area contributed by atoms with Gasteiger partial charge in [-0.15, -0.1) is 0 Å².